The van der Waals surface area contributed by atoms with E-state index >= 15 is 0 Å². The first-order valence-corrected chi connectivity index (χ1v) is 5.09. The molecule has 1 aromatic rings. The van der Waals surface area contributed by atoms with Gasteiger partial charge in [-0.3, -0.25) is 4.79 Å². The van der Waals surface area contributed by atoms with E-state index in [1.165, 1.54) is 0 Å². The van der Waals surface area contributed by atoms with Crippen LogP contribution in [0.25, 0.3) is 0 Å². The zero-order valence-corrected chi connectivity index (χ0v) is 8.66. The molecule has 1 N–H and O–H groups in total. The van der Waals surface area contributed by atoms with Crippen molar-refractivity contribution in [3.05, 3.63) is 17.5 Å². The number of aryl methyl sites for hydroxylation is 1. The highest BCUT2D eigenvalue weighted by atomic mass is 16.5. The van der Waals surface area contributed by atoms with E-state index in [4.69, 9.17) is 9.26 Å². The van der Waals surface area contributed by atoms with Crippen molar-refractivity contribution in [2.24, 2.45) is 0 Å². The highest BCUT2D eigenvalue weighted by molar-refractivity contribution is 5.92. The van der Waals surface area contributed by atoms with E-state index in [0.717, 1.165) is 19.4 Å². The van der Waals surface area contributed by atoms with Gasteiger partial charge >= 0.3 is 0 Å². The van der Waals surface area contributed by atoms with Crippen LogP contribution in [0.4, 0.5) is 0 Å². The SMILES string of the molecule is Cc1cc(C(=O)NC[C@@H]2CCCO2)no1. The van der Waals surface area contributed by atoms with E-state index in [9.17, 15) is 4.79 Å². The second-order valence-corrected chi connectivity index (χ2v) is 3.67. The fourth-order valence-electron chi connectivity index (χ4n) is 1.58. The molecule has 0 spiro atoms. The first-order chi connectivity index (χ1) is 7.25. The van der Waals surface area contributed by atoms with Gasteiger partial charge in [0.1, 0.15) is 5.76 Å². The summed E-state index contributed by atoms with van der Waals surface area (Å²) in [6.07, 6.45) is 2.24. The highest BCUT2D eigenvalue weighted by Gasteiger charge is 2.17. The van der Waals surface area contributed by atoms with Gasteiger partial charge in [-0.25, -0.2) is 0 Å². The fourth-order valence-corrected chi connectivity index (χ4v) is 1.58. The van der Waals surface area contributed by atoms with E-state index in [2.05, 4.69) is 10.5 Å². The largest absolute Gasteiger partial charge is 0.376 e. The quantitative estimate of drug-likeness (QED) is 0.804. The van der Waals surface area contributed by atoms with E-state index in [-0.39, 0.29) is 12.0 Å². The molecule has 0 saturated carbocycles. The molecule has 5 heteroatoms. The van der Waals surface area contributed by atoms with Gasteiger partial charge in [0, 0.05) is 19.2 Å². The molecule has 2 heterocycles. The molecule has 0 bridgehead atoms. The fraction of sp³-hybridized carbons (Fsp3) is 0.600. The van der Waals surface area contributed by atoms with Crippen molar-refractivity contribution in [1.82, 2.24) is 10.5 Å². The van der Waals surface area contributed by atoms with Crippen molar-refractivity contribution in [2.45, 2.75) is 25.9 Å². The Labute approximate surface area is 87.8 Å². The molecule has 1 saturated heterocycles. The third-order valence-electron chi connectivity index (χ3n) is 2.37. The van der Waals surface area contributed by atoms with Gasteiger partial charge in [-0.2, -0.15) is 0 Å². The Kier molecular flexibility index (Phi) is 3.01. The summed E-state index contributed by atoms with van der Waals surface area (Å²) in [6.45, 7) is 3.10. The molecule has 15 heavy (non-hydrogen) atoms. The number of carbonyl (C=O) groups excluding carboxylic acids is 1. The van der Waals surface area contributed by atoms with Crippen LogP contribution in [0.3, 0.4) is 0 Å². The van der Waals surface area contributed by atoms with Crippen LogP contribution in [-0.4, -0.2) is 30.3 Å². The molecule has 2 rings (SSSR count). The second kappa shape index (κ2) is 4.44. The first kappa shape index (κ1) is 10.2. The van der Waals surface area contributed by atoms with Crippen molar-refractivity contribution in [2.75, 3.05) is 13.2 Å². The molecule has 1 aliphatic heterocycles. The Hall–Kier alpha value is -1.36. The Morgan fingerprint density at radius 2 is 2.60 bits per heavy atom. The normalized spacial score (nSPS) is 20.5. The maximum absolute atomic E-state index is 11.5. The Morgan fingerprint density at radius 1 is 1.73 bits per heavy atom. The summed E-state index contributed by atoms with van der Waals surface area (Å²) in [5.74, 6) is 0.430. The van der Waals surface area contributed by atoms with Crippen LogP contribution < -0.4 is 5.32 Å². The zero-order chi connectivity index (χ0) is 10.7. The van der Waals surface area contributed by atoms with Crippen LogP contribution >= 0.6 is 0 Å². The van der Waals surface area contributed by atoms with Crippen LogP contribution in [0.15, 0.2) is 10.6 Å². The van der Waals surface area contributed by atoms with E-state index in [0.29, 0.717) is 18.0 Å². The molecule has 1 atom stereocenters. The van der Waals surface area contributed by atoms with Crippen molar-refractivity contribution in [1.29, 1.82) is 0 Å². The number of amides is 1. The lowest BCUT2D eigenvalue weighted by molar-refractivity contribution is 0.0850. The standard InChI is InChI=1S/C10H14N2O3/c1-7-5-9(12-15-7)10(13)11-6-8-3-2-4-14-8/h5,8H,2-4,6H2,1H3,(H,11,13)/t8-/m0/s1. The lowest BCUT2D eigenvalue weighted by atomic mass is 10.2. The summed E-state index contributed by atoms with van der Waals surface area (Å²) < 4.78 is 10.2. The molecular weight excluding hydrogens is 196 g/mol. The summed E-state index contributed by atoms with van der Waals surface area (Å²) in [7, 11) is 0. The maximum Gasteiger partial charge on any atom is 0.273 e. The molecule has 0 radical (unpaired) electrons. The molecule has 1 aliphatic rings. The van der Waals surface area contributed by atoms with Crippen molar-refractivity contribution in [3.63, 3.8) is 0 Å². The maximum atomic E-state index is 11.5. The van der Waals surface area contributed by atoms with Gasteiger partial charge in [0.25, 0.3) is 5.91 Å². The average Bonchev–Trinajstić information content (AvgIpc) is 2.84. The lowest BCUT2D eigenvalue weighted by Crippen LogP contribution is -2.31. The van der Waals surface area contributed by atoms with Gasteiger partial charge in [0.05, 0.1) is 6.10 Å². The Morgan fingerprint density at radius 3 is 3.20 bits per heavy atom. The van der Waals surface area contributed by atoms with Crippen LogP contribution in [0.1, 0.15) is 29.1 Å². The monoisotopic (exact) mass is 210 g/mol. The zero-order valence-electron chi connectivity index (χ0n) is 8.66. The molecule has 0 aromatic carbocycles. The highest BCUT2D eigenvalue weighted by Crippen LogP contribution is 2.10. The summed E-state index contributed by atoms with van der Waals surface area (Å²) in [4.78, 5) is 11.5. The van der Waals surface area contributed by atoms with Crippen LogP contribution in [0, 0.1) is 6.92 Å². The van der Waals surface area contributed by atoms with Gasteiger partial charge in [0.2, 0.25) is 0 Å². The number of aromatic nitrogens is 1. The lowest BCUT2D eigenvalue weighted by Gasteiger charge is -2.09. The molecule has 1 amide bonds. The molecule has 5 nitrogen and oxygen atoms in total. The van der Waals surface area contributed by atoms with E-state index < -0.39 is 0 Å². The van der Waals surface area contributed by atoms with E-state index in [1.54, 1.807) is 13.0 Å². The van der Waals surface area contributed by atoms with Gasteiger partial charge in [0.15, 0.2) is 5.69 Å². The summed E-state index contributed by atoms with van der Waals surface area (Å²) in [6, 6.07) is 1.62. The third-order valence-corrected chi connectivity index (χ3v) is 2.37. The number of carbonyl (C=O) groups is 1. The minimum absolute atomic E-state index is 0.155. The minimum Gasteiger partial charge on any atom is -0.376 e. The van der Waals surface area contributed by atoms with Crippen LogP contribution in [-0.2, 0) is 4.74 Å². The van der Waals surface area contributed by atoms with Crippen LogP contribution in [0.2, 0.25) is 0 Å². The molecule has 1 aromatic heterocycles. The number of nitrogens with zero attached hydrogens (tertiary/aromatic N) is 1. The summed E-state index contributed by atoms with van der Waals surface area (Å²) in [5, 5.41) is 6.40. The van der Waals surface area contributed by atoms with Crippen molar-refractivity contribution >= 4 is 5.91 Å². The second-order valence-electron chi connectivity index (χ2n) is 3.67. The predicted molar refractivity (Wildman–Crippen MR) is 52.5 cm³/mol. The Balaban J connectivity index is 1.81. The number of nitrogens with one attached hydrogen (secondary N) is 1. The van der Waals surface area contributed by atoms with E-state index in [1.807, 2.05) is 0 Å². The van der Waals surface area contributed by atoms with Gasteiger partial charge in [-0.15, -0.1) is 0 Å². The van der Waals surface area contributed by atoms with Crippen LogP contribution in [0.5, 0.6) is 0 Å². The molecule has 1 fully saturated rings. The van der Waals surface area contributed by atoms with Gasteiger partial charge < -0.3 is 14.6 Å². The number of ether oxygens (including phenoxy) is 1. The minimum atomic E-state index is -0.206. The Bertz CT molecular complexity index is 342. The smallest absolute Gasteiger partial charge is 0.273 e. The number of hydrogen-bond donors (Lipinski definition) is 1. The number of hydrogen-bond acceptors (Lipinski definition) is 4. The van der Waals surface area contributed by atoms with Crippen molar-refractivity contribution in [3.8, 4) is 0 Å². The molecule has 82 valence electrons. The molecule has 0 unspecified atom stereocenters. The topological polar surface area (TPSA) is 64.4 Å². The van der Waals surface area contributed by atoms with Crippen molar-refractivity contribution < 1.29 is 14.1 Å². The molecular formula is C10H14N2O3. The number of rotatable bonds is 3. The average molecular weight is 210 g/mol. The summed E-state index contributed by atoms with van der Waals surface area (Å²) >= 11 is 0. The third kappa shape index (κ3) is 2.56. The first-order valence-electron chi connectivity index (χ1n) is 5.09. The van der Waals surface area contributed by atoms with Gasteiger partial charge in [-0.05, 0) is 19.8 Å². The van der Waals surface area contributed by atoms with Gasteiger partial charge in [-0.1, -0.05) is 5.16 Å². The summed E-state index contributed by atoms with van der Waals surface area (Å²) in [5.41, 5.74) is 0.325. The molecule has 0 aliphatic carbocycles. The predicted octanol–water partition coefficient (Wildman–Crippen LogP) is 0.892.